The summed E-state index contributed by atoms with van der Waals surface area (Å²) < 4.78 is 4.30. The molecule has 0 bridgehead atoms. The zero-order valence-corrected chi connectivity index (χ0v) is 13.4. The second-order valence-corrected chi connectivity index (χ2v) is 5.24. The van der Waals surface area contributed by atoms with Crippen molar-refractivity contribution in [2.75, 3.05) is 13.7 Å². The molecule has 0 spiro atoms. The molecule has 0 aliphatic carbocycles. The first-order valence-electron chi connectivity index (χ1n) is 7.00. The van der Waals surface area contributed by atoms with Gasteiger partial charge in [-0.15, -0.1) is 0 Å². The highest BCUT2D eigenvalue weighted by atomic mass is 16.5. The van der Waals surface area contributed by atoms with Crippen LogP contribution in [0.4, 0.5) is 0 Å². The van der Waals surface area contributed by atoms with Gasteiger partial charge in [-0.05, 0) is 12.3 Å². The average molecular weight is 329 g/mol. The first-order valence-corrected chi connectivity index (χ1v) is 7.00. The van der Waals surface area contributed by atoms with Gasteiger partial charge in [0.15, 0.2) is 0 Å². The van der Waals surface area contributed by atoms with E-state index in [1.807, 2.05) is 13.8 Å². The molecule has 0 aliphatic heterocycles. The van der Waals surface area contributed by atoms with Crippen molar-refractivity contribution >= 4 is 23.8 Å². The highest BCUT2D eigenvalue weighted by molar-refractivity contribution is 5.95. The van der Waals surface area contributed by atoms with Gasteiger partial charge in [0.2, 0.25) is 11.8 Å². The summed E-state index contributed by atoms with van der Waals surface area (Å²) >= 11 is 0. The second-order valence-electron chi connectivity index (χ2n) is 5.24. The molecule has 0 rings (SSSR count). The Morgan fingerprint density at radius 3 is 2.30 bits per heavy atom. The predicted molar refractivity (Wildman–Crippen MR) is 81.2 cm³/mol. The van der Waals surface area contributed by atoms with Crippen LogP contribution in [0.5, 0.6) is 0 Å². The van der Waals surface area contributed by atoms with E-state index in [4.69, 9.17) is 10.8 Å². The van der Waals surface area contributed by atoms with Gasteiger partial charge in [0.25, 0.3) is 0 Å². The van der Waals surface area contributed by atoms with Gasteiger partial charge >= 0.3 is 11.9 Å². The van der Waals surface area contributed by atoms with Crippen LogP contribution in [-0.2, 0) is 23.9 Å². The zero-order chi connectivity index (χ0) is 18.0. The topological polar surface area (TPSA) is 148 Å². The van der Waals surface area contributed by atoms with Gasteiger partial charge < -0.3 is 26.2 Å². The Kier molecular flexibility index (Phi) is 9.24. The van der Waals surface area contributed by atoms with Crippen molar-refractivity contribution in [3.8, 4) is 0 Å². The predicted octanol–water partition coefficient (Wildman–Crippen LogP) is -1.23. The van der Waals surface area contributed by atoms with Crippen LogP contribution in [-0.4, -0.2) is 54.6 Å². The molecular formula is C14H23N3O6. The number of nitrogens with two attached hydrogens (primary N) is 1. The number of esters is 1. The van der Waals surface area contributed by atoms with Crippen LogP contribution in [0.2, 0.25) is 0 Å². The standard InChI is InChI=1S/C14H23N3O6/c1-8(2)6-9(15)13(20)17-10(14(21)22)7-16-11(18)4-5-12(19)23-3/h4-5,8-10H,6-7,15H2,1-3H3,(H,16,18)(H,17,20)(H,21,22)/b5-4-/t9-,10-/m0/s1. The van der Waals surface area contributed by atoms with E-state index in [1.165, 1.54) is 0 Å². The summed E-state index contributed by atoms with van der Waals surface area (Å²) in [5.74, 6) is -3.15. The van der Waals surface area contributed by atoms with E-state index in [0.29, 0.717) is 6.42 Å². The van der Waals surface area contributed by atoms with Gasteiger partial charge in [0.05, 0.1) is 13.2 Å². The number of nitrogens with one attached hydrogen (secondary N) is 2. The molecule has 5 N–H and O–H groups in total. The Hall–Kier alpha value is -2.42. The summed E-state index contributed by atoms with van der Waals surface area (Å²) in [6, 6.07) is -2.15. The number of carbonyl (C=O) groups is 4. The van der Waals surface area contributed by atoms with E-state index in [0.717, 1.165) is 19.3 Å². The number of methoxy groups -OCH3 is 1. The summed E-state index contributed by atoms with van der Waals surface area (Å²) in [6.45, 7) is 3.42. The molecule has 0 aromatic heterocycles. The summed E-state index contributed by atoms with van der Waals surface area (Å²) in [6.07, 6.45) is 2.20. The molecule has 0 fully saturated rings. The number of ether oxygens (including phenoxy) is 1. The number of aliphatic carboxylic acids is 1. The van der Waals surface area contributed by atoms with Crippen LogP contribution < -0.4 is 16.4 Å². The van der Waals surface area contributed by atoms with Crippen LogP contribution in [0, 0.1) is 5.92 Å². The van der Waals surface area contributed by atoms with Crippen LogP contribution >= 0.6 is 0 Å². The van der Waals surface area contributed by atoms with Crippen molar-refractivity contribution in [3.63, 3.8) is 0 Å². The summed E-state index contributed by atoms with van der Waals surface area (Å²) in [5.41, 5.74) is 5.66. The van der Waals surface area contributed by atoms with E-state index >= 15 is 0 Å². The lowest BCUT2D eigenvalue weighted by Crippen LogP contribution is -2.53. The number of rotatable bonds is 9. The third-order valence-corrected chi connectivity index (χ3v) is 2.73. The summed E-state index contributed by atoms with van der Waals surface area (Å²) in [7, 11) is 1.15. The van der Waals surface area contributed by atoms with Gasteiger partial charge in [-0.3, -0.25) is 9.59 Å². The molecule has 23 heavy (non-hydrogen) atoms. The molecule has 0 aromatic carbocycles. The maximum absolute atomic E-state index is 11.8. The normalized spacial score (nSPS) is 13.4. The molecule has 130 valence electrons. The largest absolute Gasteiger partial charge is 0.480 e. The fourth-order valence-corrected chi connectivity index (χ4v) is 1.57. The molecule has 0 radical (unpaired) electrons. The fourth-order valence-electron chi connectivity index (χ4n) is 1.57. The van der Waals surface area contributed by atoms with Crippen molar-refractivity contribution in [2.45, 2.75) is 32.4 Å². The average Bonchev–Trinajstić information content (AvgIpc) is 2.47. The lowest BCUT2D eigenvalue weighted by molar-refractivity contribution is -0.142. The first kappa shape index (κ1) is 20.6. The highest BCUT2D eigenvalue weighted by Crippen LogP contribution is 2.02. The Balaban J connectivity index is 4.50. The Bertz CT molecular complexity index is 475. The van der Waals surface area contributed by atoms with Crippen molar-refractivity contribution < 1.29 is 29.0 Å². The maximum Gasteiger partial charge on any atom is 0.330 e. The quantitative estimate of drug-likeness (QED) is 0.306. The minimum Gasteiger partial charge on any atom is -0.480 e. The number of hydrogen-bond acceptors (Lipinski definition) is 6. The zero-order valence-electron chi connectivity index (χ0n) is 13.4. The van der Waals surface area contributed by atoms with E-state index in [-0.39, 0.29) is 12.5 Å². The lowest BCUT2D eigenvalue weighted by Gasteiger charge is -2.19. The van der Waals surface area contributed by atoms with Crippen LogP contribution in [0.25, 0.3) is 0 Å². The van der Waals surface area contributed by atoms with Gasteiger partial charge in [0.1, 0.15) is 6.04 Å². The molecule has 9 nitrogen and oxygen atoms in total. The Labute approximate surface area is 134 Å². The molecule has 9 heteroatoms. The molecule has 2 amide bonds. The summed E-state index contributed by atoms with van der Waals surface area (Å²) in [4.78, 5) is 45.1. The lowest BCUT2D eigenvalue weighted by atomic mass is 10.0. The monoisotopic (exact) mass is 329 g/mol. The molecule has 0 aromatic rings. The van der Waals surface area contributed by atoms with E-state index < -0.39 is 35.8 Å². The number of carboxylic acids is 1. The molecular weight excluding hydrogens is 306 g/mol. The van der Waals surface area contributed by atoms with Crippen molar-refractivity contribution in [1.29, 1.82) is 0 Å². The van der Waals surface area contributed by atoms with Gasteiger partial charge in [-0.25, -0.2) is 9.59 Å². The van der Waals surface area contributed by atoms with E-state index in [9.17, 15) is 19.2 Å². The van der Waals surface area contributed by atoms with Crippen molar-refractivity contribution in [3.05, 3.63) is 12.2 Å². The fraction of sp³-hybridized carbons (Fsp3) is 0.571. The first-order chi connectivity index (χ1) is 10.7. The van der Waals surface area contributed by atoms with Gasteiger partial charge in [0, 0.05) is 18.7 Å². The number of amides is 2. The number of carbonyl (C=O) groups excluding carboxylic acids is 3. The maximum atomic E-state index is 11.8. The molecule has 2 atom stereocenters. The smallest absolute Gasteiger partial charge is 0.330 e. The van der Waals surface area contributed by atoms with Gasteiger partial charge in [-0.1, -0.05) is 13.8 Å². The molecule has 0 unspecified atom stereocenters. The number of hydrogen-bond donors (Lipinski definition) is 4. The third kappa shape index (κ3) is 9.25. The molecule has 0 heterocycles. The second kappa shape index (κ2) is 10.3. The minimum atomic E-state index is -1.32. The molecule has 0 saturated carbocycles. The SMILES string of the molecule is COC(=O)/C=C\C(=O)NC[C@H](NC(=O)[C@@H](N)CC(C)C)C(=O)O. The van der Waals surface area contributed by atoms with E-state index in [1.54, 1.807) is 0 Å². The number of carboxylic acid groups (broad SMARTS) is 1. The van der Waals surface area contributed by atoms with Crippen LogP contribution in [0.3, 0.4) is 0 Å². The van der Waals surface area contributed by atoms with Crippen molar-refractivity contribution in [1.82, 2.24) is 10.6 Å². The third-order valence-electron chi connectivity index (χ3n) is 2.73. The molecule has 0 saturated heterocycles. The van der Waals surface area contributed by atoms with E-state index in [2.05, 4.69) is 15.4 Å². The van der Waals surface area contributed by atoms with Gasteiger partial charge in [-0.2, -0.15) is 0 Å². The summed E-state index contributed by atoms with van der Waals surface area (Å²) in [5, 5.41) is 13.6. The highest BCUT2D eigenvalue weighted by Gasteiger charge is 2.23. The van der Waals surface area contributed by atoms with Crippen molar-refractivity contribution in [2.24, 2.45) is 11.7 Å². The van der Waals surface area contributed by atoms with Crippen LogP contribution in [0.15, 0.2) is 12.2 Å². The molecule has 0 aliphatic rings. The Morgan fingerprint density at radius 1 is 1.22 bits per heavy atom. The van der Waals surface area contributed by atoms with Crippen LogP contribution in [0.1, 0.15) is 20.3 Å². The Morgan fingerprint density at radius 2 is 1.83 bits per heavy atom. The minimum absolute atomic E-state index is 0.183.